The minimum Gasteiger partial charge on any atom is -0.505 e. The minimum atomic E-state index is -1.34. The second kappa shape index (κ2) is 3.00. The number of hydrogen-bond acceptors (Lipinski definition) is 6. The summed E-state index contributed by atoms with van der Waals surface area (Å²) in [5, 5.41) is 42.2. The molecule has 0 unspecified atom stereocenters. The van der Waals surface area contributed by atoms with E-state index < -0.39 is 36.2 Å². The van der Waals surface area contributed by atoms with E-state index in [0.29, 0.717) is 0 Å². The summed E-state index contributed by atoms with van der Waals surface area (Å²) in [7, 11) is 0. The first kappa shape index (κ1) is 8.82. The Balaban J connectivity index is 2.80. The van der Waals surface area contributed by atoms with Crippen LogP contribution in [-0.4, -0.2) is 45.1 Å². The molecule has 0 spiro atoms. The van der Waals surface area contributed by atoms with Crippen LogP contribution in [0.2, 0.25) is 0 Å². The molecule has 0 aromatic rings. The summed E-state index contributed by atoms with van der Waals surface area (Å²) in [6, 6.07) is 0. The number of nitrogens with one attached hydrogen (secondary N) is 1. The number of aliphatic hydroxyl groups excluding tert-OH is 4. The SMILES string of the molecule is N=C1O[C@H]([C@@H](O)CO)C(O)=C1O. The molecule has 0 saturated carbocycles. The topological polar surface area (TPSA) is 114 Å². The van der Waals surface area contributed by atoms with E-state index in [0.717, 1.165) is 0 Å². The smallest absolute Gasteiger partial charge is 0.253 e. The van der Waals surface area contributed by atoms with Crippen molar-refractivity contribution in [2.75, 3.05) is 6.61 Å². The summed E-state index contributed by atoms with van der Waals surface area (Å²) in [5.74, 6) is -1.93. The summed E-state index contributed by atoms with van der Waals surface area (Å²) in [6.07, 6.45) is -2.57. The minimum absolute atomic E-state index is 0.606. The van der Waals surface area contributed by atoms with Crippen LogP contribution in [0.1, 0.15) is 0 Å². The molecule has 1 heterocycles. The molecule has 0 aromatic heterocycles. The van der Waals surface area contributed by atoms with Crippen molar-refractivity contribution >= 4 is 5.90 Å². The molecule has 0 fully saturated rings. The van der Waals surface area contributed by atoms with Gasteiger partial charge < -0.3 is 25.2 Å². The highest BCUT2D eigenvalue weighted by atomic mass is 16.5. The van der Waals surface area contributed by atoms with Crippen molar-refractivity contribution < 1.29 is 25.2 Å². The van der Waals surface area contributed by atoms with Gasteiger partial charge in [0.25, 0.3) is 5.90 Å². The van der Waals surface area contributed by atoms with Crippen LogP contribution in [0.3, 0.4) is 0 Å². The lowest BCUT2D eigenvalue weighted by Crippen LogP contribution is -2.31. The van der Waals surface area contributed by atoms with Crippen LogP contribution in [0.5, 0.6) is 0 Å². The molecule has 0 bridgehead atoms. The van der Waals surface area contributed by atoms with Crippen molar-refractivity contribution in [3.05, 3.63) is 11.5 Å². The van der Waals surface area contributed by atoms with E-state index in [1.165, 1.54) is 0 Å². The van der Waals surface area contributed by atoms with Crippen molar-refractivity contribution in [2.45, 2.75) is 12.2 Å². The molecule has 0 saturated heterocycles. The Morgan fingerprint density at radius 2 is 2.08 bits per heavy atom. The van der Waals surface area contributed by atoms with E-state index in [1.54, 1.807) is 0 Å². The molecule has 0 radical (unpaired) electrons. The van der Waals surface area contributed by atoms with Gasteiger partial charge in [0.15, 0.2) is 11.9 Å². The lowest BCUT2D eigenvalue weighted by molar-refractivity contribution is 0.000139. The van der Waals surface area contributed by atoms with Gasteiger partial charge >= 0.3 is 0 Å². The Kier molecular flexibility index (Phi) is 2.20. The quantitative estimate of drug-likeness (QED) is 0.371. The average molecular weight is 175 g/mol. The maximum absolute atomic E-state index is 9.02. The predicted molar refractivity (Wildman–Crippen MR) is 38.0 cm³/mol. The highest BCUT2D eigenvalue weighted by Gasteiger charge is 2.36. The van der Waals surface area contributed by atoms with E-state index in [2.05, 4.69) is 4.74 Å². The highest BCUT2D eigenvalue weighted by Crippen LogP contribution is 2.21. The molecule has 5 N–H and O–H groups in total. The fourth-order valence-electron chi connectivity index (χ4n) is 0.846. The van der Waals surface area contributed by atoms with E-state index in [9.17, 15) is 0 Å². The zero-order valence-corrected chi connectivity index (χ0v) is 6.06. The second-order valence-corrected chi connectivity index (χ2v) is 2.35. The monoisotopic (exact) mass is 175 g/mol. The van der Waals surface area contributed by atoms with Crippen LogP contribution in [-0.2, 0) is 4.74 Å². The fraction of sp³-hybridized carbons (Fsp3) is 0.500. The maximum Gasteiger partial charge on any atom is 0.253 e. The fourth-order valence-corrected chi connectivity index (χ4v) is 0.846. The van der Waals surface area contributed by atoms with Gasteiger partial charge in [-0.3, -0.25) is 5.41 Å². The van der Waals surface area contributed by atoms with Crippen molar-refractivity contribution in [3.8, 4) is 0 Å². The van der Waals surface area contributed by atoms with E-state index in [4.69, 9.17) is 25.8 Å². The van der Waals surface area contributed by atoms with Gasteiger partial charge in [0.1, 0.15) is 6.10 Å². The molecule has 12 heavy (non-hydrogen) atoms. The van der Waals surface area contributed by atoms with Gasteiger partial charge in [-0.1, -0.05) is 0 Å². The van der Waals surface area contributed by atoms with E-state index in [1.807, 2.05) is 0 Å². The van der Waals surface area contributed by atoms with Crippen molar-refractivity contribution in [2.24, 2.45) is 0 Å². The summed E-state index contributed by atoms with van der Waals surface area (Å²) in [6.45, 7) is -0.616. The Morgan fingerprint density at radius 1 is 1.50 bits per heavy atom. The summed E-state index contributed by atoms with van der Waals surface area (Å²) in [4.78, 5) is 0. The first-order chi connectivity index (χ1) is 5.57. The van der Waals surface area contributed by atoms with Gasteiger partial charge in [-0.2, -0.15) is 0 Å². The second-order valence-electron chi connectivity index (χ2n) is 2.35. The van der Waals surface area contributed by atoms with Gasteiger partial charge in [0.05, 0.1) is 6.61 Å². The zero-order chi connectivity index (χ0) is 9.30. The van der Waals surface area contributed by atoms with Gasteiger partial charge in [-0.05, 0) is 0 Å². The molecule has 68 valence electrons. The first-order valence-electron chi connectivity index (χ1n) is 3.24. The third-order valence-corrected chi connectivity index (χ3v) is 1.51. The van der Waals surface area contributed by atoms with Gasteiger partial charge in [0.2, 0.25) is 5.76 Å². The van der Waals surface area contributed by atoms with Crippen molar-refractivity contribution in [1.29, 1.82) is 5.41 Å². The van der Waals surface area contributed by atoms with E-state index >= 15 is 0 Å². The van der Waals surface area contributed by atoms with Crippen LogP contribution in [0.4, 0.5) is 0 Å². The number of aliphatic hydroxyl groups is 4. The van der Waals surface area contributed by atoms with Crippen molar-refractivity contribution in [1.82, 2.24) is 0 Å². The van der Waals surface area contributed by atoms with Gasteiger partial charge in [0, 0.05) is 0 Å². The zero-order valence-electron chi connectivity index (χ0n) is 6.06. The third-order valence-electron chi connectivity index (χ3n) is 1.51. The molecule has 6 nitrogen and oxygen atoms in total. The summed E-state index contributed by atoms with van der Waals surface area (Å²) in [5.41, 5.74) is 0. The molecule has 2 atom stereocenters. The Bertz CT molecular complexity index is 236. The van der Waals surface area contributed by atoms with Crippen LogP contribution in [0.15, 0.2) is 11.5 Å². The molecular weight excluding hydrogens is 166 g/mol. The largest absolute Gasteiger partial charge is 0.505 e. The molecule has 0 aliphatic carbocycles. The molecule has 6 heteroatoms. The number of rotatable bonds is 2. The van der Waals surface area contributed by atoms with Crippen LogP contribution < -0.4 is 0 Å². The lowest BCUT2D eigenvalue weighted by atomic mass is 10.2. The molecular formula is C6H9NO5. The summed E-state index contributed by atoms with van der Waals surface area (Å²) >= 11 is 0. The average Bonchev–Trinajstić information content (AvgIpc) is 2.32. The number of hydrogen-bond donors (Lipinski definition) is 5. The Labute approximate surface area is 67.8 Å². The van der Waals surface area contributed by atoms with Crippen LogP contribution in [0, 0.1) is 5.41 Å². The van der Waals surface area contributed by atoms with Gasteiger partial charge in [-0.15, -0.1) is 0 Å². The Hall–Kier alpha value is -1.27. The lowest BCUT2D eigenvalue weighted by Gasteiger charge is -2.14. The normalized spacial score (nSPS) is 25.8. The summed E-state index contributed by atoms with van der Waals surface area (Å²) < 4.78 is 4.54. The van der Waals surface area contributed by atoms with E-state index in [-0.39, 0.29) is 0 Å². The van der Waals surface area contributed by atoms with Crippen LogP contribution in [0.25, 0.3) is 0 Å². The molecule has 1 aliphatic heterocycles. The molecule has 1 rings (SSSR count). The maximum atomic E-state index is 9.02. The molecule has 0 aromatic carbocycles. The Morgan fingerprint density at radius 3 is 2.42 bits per heavy atom. The van der Waals surface area contributed by atoms with Gasteiger partial charge in [-0.25, -0.2) is 0 Å². The number of ether oxygens (including phenoxy) is 1. The van der Waals surface area contributed by atoms with Crippen LogP contribution >= 0.6 is 0 Å². The predicted octanol–water partition coefficient (Wildman–Crippen LogP) is -0.957. The highest BCUT2D eigenvalue weighted by molar-refractivity contribution is 5.91. The first-order valence-corrected chi connectivity index (χ1v) is 3.24. The van der Waals surface area contributed by atoms with Crippen molar-refractivity contribution in [3.63, 3.8) is 0 Å². The standard InChI is InChI=1S/C6H9NO5/c7-6-4(11)3(10)5(12-6)2(9)1-8/h2,5,7-11H,1H2/t2-,5+/m0/s1. The molecule has 0 amide bonds. The molecule has 1 aliphatic rings. The third kappa shape index (κ3) is 1.21.